The Morgan fingerprint density at radius 3 is 2.45 bits per heavy atom. The number of nitrogens with zero attached hydrogens (tertiary/aromatic N) is 1. The predicted molar refractivity (Wildman–Crippen MR) is 131 cm³/mol. The molecule has 0 saturated heterocycles. The summed E-state index contributed by atoms with van der Waals surface area (Å²) >= 11 is 5.83. The number of amides is 1. The summed E-state index contributed by atoms with van der Waals surface area (Å²) in [5, 5.41) is 11.2. The molecule has 0 unspecified atom stereocenters. The molecule has 1 amide bonds. The van der Waals surface area contributed by atoms with Gasteiger partial charge in [-0.15, -0.1) is 24.0 Å². The Morgan fingerprint density at radius 2 is 1.69 bits per heavy atom. The van der Waals surface area contributed by atoms with Crippen LogP contribution < -0.4 is 16.0 Å². The lowest BCUT2D eigenvalue weighted by Gasteiger charge is -2.12. The summed E-state index contributed by atoms with van der Waals surface area (Å²) in [7, 11) is 1.73. The zero-order chi connectivity index (χ0) is 19.8. The standard InChI is InChI=1S/C21H24ClN5O.HI/c1-23-21(25-11-10-16-14-27-19-5-3-2-4-18(16)19)26-13-12-24-20(28)15-6-8-17(22)9-7-15;/h2-9,14,27H,10-13H2,1H3,(H,24,28)(H2,23,25,26);1H. The topological polar surface area (TPSA) is 81.3 Å². The fraction of sp³-hybridized carbons (Fsp3) is 0.238. The third-order valence-corrected chi connectivity index (χ3v) is 4.65. The number of aromatic amines is 1. The van der Waals surface area contributed by atoms with Crippen molar-refractivity contribution < 1.29 is 4.79 Å². The van der Waals surface area contributed by atoms with Crippen molar-refractivity contribution in [3.63, 3.8) is 0 Å². The molecule has 3 rings (SSSR count). The number of hydrogen-bond donors (Lipinski definition) is 4. The van der Waals surface area contributed by atoms with Crippen LogP contribution >= 0.6 is 35.6 Å². The van der Waals surface area contributed by atoms with Crippen LogP contribution in [0.5, 0.6) is 0 Å². The van der Waals surface area contributed by atoms with Gasteiger partial charge in [0.05, 0.1) is 0 Å². The number of guanidine groups is 1. The number of rotatable bonds is 7. The highest BCUT2D eigenvalue weighted by Gasteiger charge is 2.05. The van der Waals surface area contributed by atoms with Crippen LogP contribution in [-0.2, 0) is 6.42 Å². The van der Waals surface area contributed by atoms with E-state index >= 15 is 0 Å². The normalized spacial score (nSPS) is 11.0. The fourth-order valence-corrected chi connectivity index (χ4v) is 3.06. The van der Waals surface area contributed by atoms with Gasteiger partial charge in [0.1, 0.15) is 0 Å². The first-order valence-electron chi connectivity index (χ1n) is 9.20. The average Bonchev–Trinajstić information content (AvgIpc) is 3.13. The zero-order valence-electron chi connectivity index (χ0n) is 16.2. The van der Waals surface area contributed by atoms with Crippen molar-refractivity contribution in [3.8, 4) is 0 Å². The first kappa shape index (κ1) is 23.0. The third-order valence-electron chi connectivity index (χ3n) is 4.39. The molecule has 0 aliphatic heterocycles. The Morgan fingerprint density at radius 1 is 1.00 bits per heavy atom. The van der Waals surface area contributed by atoms with Crippen molar-refractivity contribution in [1.29, 1.82) is 0 Å². The van der Waals surface area contributed by atoms with Crippen LogP contribution in [0.3, 0.4) is 0 Å². The van der Waals surface area contributed by atoms with E-state index in [1.807, 2.05) is 12.1 Å². The maximum atomic E-state index is 12.0. The molecule has 6 nitrogen and oxygen atoms in total. The molecule has 0 aliphatic rings. The fourth-order valence-electron chi connectivity index (χ4n) is 2.93. The summed E-state index contributed by atoms with van der Waals surface area (Å²) in [6, 6.07) is 15.1. The summed E-state index contributed by atoms with van der Waals surface area (Å²) in [5.41, 5.74) is 3.01. The molecule has 8 heteroatoms. The monoisotopic (exact) mass is 525 g/mol. The van der Waals surface area contributed by atoms with Crippen LogP contribution in [0, 0.1) is 0 Å². The van der Waals surface area contributed by atoms with Gasteiger partial charge in [-0.05, 0) is 42.3 Å². The minimum absolute atomic E-state index is 0. The number of halogens is 2. The van der Waals surface area contributed by atoms with Crippen molar-refractivity contribution in [2.24, 2.45) is 4.99 Å². The van der Waals surface area contributed by atoms with E-state index in [2.05, 4.69) is 44.3 Å². The smallest absolute Gasteiger partial charge is 0.251 e. The number of carbonyl (C=O) groups excluding carboxylic acids is 1. The summed E-state index contributed by atoms with van der Waals surface area (Å²) in [4.78, 5) is 19.6. The van der Waals surface area contributed by atoms with E-state index in [9.17, 15) is 4.79 Å². The highest BCUT2D eigenvalue weighted by molar-refractivity contribution is 14.0. The largest absolute Gasteiger partial charge is 0.361 e. The molecule has 0 aliphatic carbocycles. The maximum Gasteiger partial charge on any atom is 0.251 e. The molecule has 0 spiro atoms. The van der Waals surface area contributed by atoms with Crippen molar-refractivity contribution in [2.75, 3.05) is 26.7 Å². The maximum absolute atomic E-state index is 12.0. The van der Waals surface area contributed by atoms with E-state index in [1.54, 1.807) is 31.3 Å². The quantitative estimate of drug-likeness (QED) is 0.165. The number of nitrogens with one attached hydrogen (secondary N) is 4. The Hall–Kier alpha value is -2.26. The lowest BCUT2D eigenvalue weighted by molar-refractivity contribution is 0.0954. The Kier molecular flexibility index (Phi) is 9.27. The van der Waals surface area contributed by atoms with Gasteiger partial charge in [0, 0.05) is 54.4 Å². The molecule has 4 N–H and O–H groups in total. The molecule has 154 valence electrons. The zero-order valence-corrected chi connectivity index (χ0v) is 19.3. The van der Waals surface area contributed by atoms with Gasteiger partial charge < -0.3 is 20.9 Å². The highest BCUT2D eigenvalue weighted by atomic mass is 127. The number of benzene rings is 2. The number of carbonyl (C=O) groups is 1. The SMILES string of the molecule is CN=C(NCCNC(=O)c1ccc(Cl)cc1)NCCc1c[nH]c2ccccc12.I. The molecular weight excluding hydrogens is 501 g/mol. The second kappa shape index (κ2) is 11.7. The van der Waals surface area contributed by atoms with E-state index in [-0.39, 0.29) is 29.9 Å². The van der Waals surface area contributed by atoms with Crippen LogP contribution in [0.2, 0.25) is 5.02 Å². The van der Waals surface area contributed by atoms with E-state index in [1.165, 1.54) is 10.9 Å². The molecular formula is C21H25ClIN5O. The van der Waals surface area contributed by atoms with Crippen LogP contribution in [0.1, 0.15) is 15.9 Å². The summed E-state index contributed by atoms with van der Waals surface area (Å²) in [5.74, 6) is 0.585. The minimum atomic E-state index is -0.124. The number of H-pyrrole nitrogens is 1. The molecule has 3 aromatic rings. The highest BCUT2D eigenvalue weighted by Crippen LogP contribution is 2.17. The number of fused-ring (bicyclic) bond motifs is 1. The van der Waals surface area contributed by atoms with Crippen molar-refractivity contribution in [1.82, 2.24) is 20.9 Å². The van der Waals surface area contributed by atoms with Gasteiger partial charge in [-0.3, -0.25) is 9.79 Å². The summed E-state index contributed by atoms with van der Waals surface area (Å²) in [6.07, 6.45) is 2.94. The molecule has 0 radical (unpaired) electrons. The number of aliphatic imine (C=N–C) groups is 1. The molecule has 1 aromatic heterocycles. The minimum Gasteiger partial charge on any atom is -0.361 e. The first-order valence-corrected chi connectivity index (χ1v) is 9.58. The van der Waals surface area contributed by atoms with E-state index < -0.39 is 0 Å². The molecule has 0 atom stereocenters. The molecule has 0 saturated carbocycles. The molecule has 29 heavy (non-hydrogen) atoms. The molecule has 0 bridgehead atoms. The van der Waals surface area contributed by atoms with Gasteiger partial charge in [-0.2, -0.15) is 0 Å². The van der Waals surface area contributed by atoms with Gasteiger partial charge in [0.15, 0.2) is 5.96 Å². The van der Waals surface area contributed by atoms with Gasteiger partial charge in [-0.1, -0.05) is 29.8 Å². The Labute approximate surface area is 192 Å². The van der Waals surface area contributed by atoms with Crippen molar-refractivity contribution >= 4 is 58.3 Å². The lowest BCUT2D eigenvalue weighted by atomic mass is 10.1. The van der Waals surface area contributed by atoms with Crippen LogP contribution in [-0.4, -0.2) is 43.5 Å². The average molecular weight is 526 g/mol. The van der Waals surface area contributed by atoms with Crippen LogP contribution in [0.25, 0.3) is 10.9 Å². The van der Waals surface area contributed by atoms with Crippen molar-refractivity contribution in [3.05, 3.63) is 70.9 Å². The molecule has 0 fully saturated rings. The first-order chi connectivity index (χ1) is 13.7. The van der Waals surface area contributed by atoms with E-state index in [0.29, 0.717) is 29.6 Å². The van der Waals surface area contributed by atoms with Crippen LogP contribution in [0.15, 0.2) is 59.7 Å². The lowest BCUT2D eigenvalue weighted by Crippen LogP contribution is -2.42. The summed E-state index contributed by atoms with van der Waals surface area (Å²) < 4.78 is 0. The van der Waals surface area contributed by atoms with Crippen molar-refractivity contribution in [2.45, 2.75) is 6.42 Å². The second-order valence-electron chi connectivity index (χ2n) is 6.30. The van der Waals surface area contributed by atoms with E-state index in [4.69, 9.17) is 11.6 Å². The molecule has 1 heterocycles. The van der Waals surface area contributed by atoms with Gasteiger partial charge in [0.25, 0.3) is 5.91 Å². The summed E-state index contributed by atoms with van der Waals surface area (Å²) in [6.45, 7) is 1.83. The molecule has 2 aromatic carbocycles. The second-order valence-corrected chi connectivity index (χ2v) is 6.73. The number of aromatic nitrogens is 1. The number of hydrogen-bond acceptors (Lipinski definition) is 2. The van der Waals surface area contributed by atoms with Gasteiger partial charge in [-0.25, -0.2) is 0 Å². The van der Waals surface area contributed by atoms with Gasteiger partial charge >= 0.3 is 0 Å². The van der Waals surface area contributed by atoms with E-state index in [0.717, 1.165) is 18.5 Å². The predicted octanol–water partition coefficient (Wildman–Crippen LogP) is 3.58. The Balaban J connectivity index is 0.00000300. The Bertz CT molecular complexity index is 955. The third kappa shape index (κ3) is 6.64. The number of para-hydroxylation sites is 1. The van der Waals surface area contributed by atoms with Gasteiger partial charge in [0.2, 0.25) is 0 Å². The van der Waals surface area contributed by atoms with Crippen LogP contribution in [0.4, 0.5) is 0 Å².